The molecule has 12 rings (SSSR count). The number of likely N-dealkylation sites (tertiary alicyclic amines) is 1. The van der Waals surface area contributed by atoms with E-state index in [1.54, 1.807) is 24.8 Å². The van der Waals surface area contributed by atoms with E-state index in [1.165, 1.54) is 31.4 Å². The Bertz CT molecular complexity index is 4150. The van der Waals surface area contributed by atoms with E-state index in [-0.39, 0.29) is 112 Å². The quantitative estimate of drug-likeness (QED) is 0.0356. The lowest BCUT2D eigenvalue weighted by atomic mass is 9.65. The van der Waals surface area contributed by atoms with Crippen molar-refractivity contribution in [2.45, 2.75) is 161 Å². The maximum atomic E-state index is 15.5. The first kappa shape index (κ1) is 66.7. The molecule has 0 unspecified atom stereocenters. The van der Waals surface area contributed by atoms with Crippen molar-refractivity contribution >= 4 is 63.9 Å². The molecule has 1 spiro atoms. The molecule has 7 heterocycles. The Labute approximate surface area is 553 Å². The highest BCUT2D eigenvalue weighted by Gasteiger charge is 2.47. The molecule has 3 aromatic heterocycles. The number of H-pyrrole nitrogens is 1. The van der Waals surface area contributed by atoms with Crippen LogP contribution in [0.3, 0.4) is 0 Å². The number of benzene rings is 3. The number of aliphatic hydroxyl groups is 1. The fraction of sp³-hybridized carbons (Fsp3) is 0.486. The zero-order valence-electron chi connectivity index (χ0n) is 54.6. The molecule has 1 saturated heterocycles. The molecular formula is C70H81FN12O13. The van der Waals surface area contributed by atoms with Crippen molar-refractivity contribution in [3.05, 3.63) is 116 Å². The largest absolute Gasteiger partial charge is 0.458 e. The predicted octanol–water partition coefficient (Wildman–Crippen LogP) is 5.26. The van der Waals surface area contributed by atoms with E-state index >= 15 is 4.39 Å². The SMILES string of the molecule is CC[C@@]1(O)C(=O)OCc2c1cc1n(c2=O)Cc2c-1nc1cc(F)c(C)c3c1c2[C@@H](NC(=O)[C@H](C)NC(=O)[C@H](C)NC(=O)[C@H](C)NC(=O)CCOCCOCCC(=O)N1CCC2(CCC(C(=O)NCCC(=O)N4Cc5ccccc5-c5n[nH]nc5-c5ccccc54)CC2)CC1)CC3. The molecule has 4 aliphatic heterocycles. The molecule has 6 aromatic rings. The minimum atomic E-state index is -2.06. The van der Waals surface area contributed by atoms with E-state index in [2.05, 4.69) is 42.0 Å². The lowest BCUT2D eigenvalue weighted by Gasteiger charge is -2.45. The molecule has 0 bridgehead atoms. The molecule has 2 fully saturated rings. The number of rotatable bonds is 21. The number of carbonyl (C=O) groups excluding carboxylic acids is 8. The van der Waals surface area contributed by atoms with Crippen LogP contribution in [0.2, 0.25) is 0 Å². The Hall–Kier alpha value is -9.27. The number of aryl methyl sites for hydroxylation is 1. The highest BCUT2D eigenvalue weighted by Crippen LogP contribution is 2.48. The van der Waals surface area contributed by atoms with E-state index < -0.39 is 70.7 Å². The van der Waals surface area contributed by atoms with Crippen LogP contribution >= 0.6 is 0 Å². The van der Waals surface area contributed by atoms with Crippen LogP contribution in [0.25, 0.3) is 44.8 Å². The van der Waals surface area contributed by atoms with Gasteiger partial charge >= 0.3 is 5.97 Å². The number of hydrogen-bond donors (Lipinski definition) is 7. The number of ether oxygens (including phenoxy) is 3. The van der Waals surface area contributed by atoms with Crippen molar-refractivity contribution in [1.29, 1.82) is 0 Å². The van der Waals surface area contributed by atoms with Gasteiger partial charge in [-0.25, -0.2) is 14.2 Å². The maximum Gasteiger partial charge on any atom is 0.343 e. The second-order valence-electron chi connectivity index (χ2n) is 26.3. The standard InChI is InChI=1S/C70H81FN12O13/c1-6-70(93)49-33-54-60-47(36-83(54)67(91)48(49)37-96-68(70)92)59-51(16-15-44-38(2)50(71)34-52(76-60)58(44)59)77-65(89)41(5)75-64(88)40(4)74-63(87)39(3)73-55(84)20-29-94-31-32-95-30-21-56(85)81-27-24-69(25-28-81)22-17-42(18-23-69)66(90)72-26-19-57(86)82-35-43-11-7-8-12-45(43)61-62(79-80-78-61)46-13-9-10-14-53(46)82/h7-14,33-34,39-42,51,93H,6,15-32,35-37H2,1-5H3,(H,72,90)(H,73,84)(H,74,87)(H,75,88)(H,77,89)(H,78,79,80)/t39-,40-,41-,51-,70-/m0/s1. The third-order valence-electron chi connectivity index (χ3n) is 20.4. The molecule has 0 radical (unpaired) electrons. The first-order valence-corrected chi connectivity index (χ1v) is 33.3. The highest BCUT2D eigenvalue weighted by molar-refractivity contribution is 6.01. The number of nitrogens with zero attached hydrogens (tertiary/aromatic N) is 6. The summed E-state index contributed by atoms with van der Waals surface area (Å²) in [5, 5.41) is 37.7. The first-order valence-electron chi connectivity index (χ1n) is 33.3. The van der Waals surface area contributed by atoms with Gasteiger partial charge in [-0.3, -0.25) is 38.4 Å². The molecule has 506 valence electrons. The molecule has 1 saturated carbocycles. The molecule has 3 aromatic carbocycles. The van der Waals surface area contributed by atoms with E-state index in [9.17, 15) is 48.3 Å². The minimum Gasteiger partial charge on any atom is -0.458 e. The summed E-state index contributed by atoms with van der Waals surface area (Å²) in [6, 6.07) is 14.5. The molecule has 26 heteroatoms. The van der Waals surface area contributed by atoms with Crippen molar-refractivity contribution in [3.8, 4) is 33.9 Å². The maximum absolute atomic E-state index is 15.5. The van der Waals surface area contributed by atoms with E-state index in [0.29, 0.717) is 77.2 Å². The lowest BCUT2D eigenvalue weighted by Crippen LogP contribution is -2.54. The highest BCUT2D eigenvalue weighted by atomic mass is 19.1. The zero-order valence-corrected chi connectivity index (χ0v) is 54.6. The number of para-hydroxylation sites is 1. The summed E-state index contributed by atoms with van der Waals surface area (Å²) in [6.07, 6.45) is 6.06. The van der Waals surface area contributed by atoms with Gasteiger partial charge in [0.15, 0.2) is 5.60 Å². The van der Waals surface area contributed by atoms with Gasteiger partial charge in [0.1, 0.15) is 41.9 Å². The number of hydrogen-bond acceptors (Lipinski definition) is 16. The Morgan fingerprint density at radius 1 is 0.750 bits per heavy atom. The van der Waals surface area contributed by atoms with Gasteiger partial charge in [-0.05, 0) is 125 Å². The summed E-state index contributed by atoms with van der Waals surface area (Å²) in [7, 11) is 0. The average Bonchev–Trinajstić information content (AvgIpc) is 1.49. The number of pyridine rings is 2. The third-order valence-corrected chi connectivity index (χ3v) is 20.4. The fourth-order valence-electron chi connectivity index (χ4n) is 14.7. The number of carbonyl (C=O) groups is 8. The Kier molecular flexibility index (Phi) is 19.3. The summed E-state index contributed by atoms with van der Waals surface area (Å²) in [5.41, 5.74) is 6.05. The molecule has 5 atom stereocenters. The molecule has 7 amide bonds. The number of fused-ring (bicyclic) bond motifs is 10. The number of nitrogens with one attached hydrogen (secondary N) is 6. The first-order chi connectivity index (χ1) is 46.2. The topological polar surface area (TPSA) is 328 Å². The summed E-state index contributed by atoms with van der Waals surface area (Å²) < 4.78 is 33.5. The molecule has 2 aliphatic carbocycles. The van der Waals surface area contributed by atoms with Crippen LogP contribution in [0.4, 0.5) is 10.1 Å². The van der Waals surface area contributed by atoms with Gasteiger partial charge in [0.05, 0.1) is 80.1 Å². The van der Waals surface area contributed by atoms with Gasteiger partial charge in [-0.2, -0.15) is 15.4 Å². The summed E-state index contributed by atoms with van der Waals surface area (Å²) in [6.45, 7) is 9.92. The smallest absolute Gasteiger partial charge is 0.343 e. The molecule has 25 nitrogen and oxygen atoms in total. The molecule has 96 heavy (non-hydrogen) atoms. The van der Waals surface area contributed by atoms with Crippen LogP contribution in [0.1, 0.15) is 143 Å². The van der Waals surface area contributed by atoms with Gasteiger partial charge in [-0.1, -0.05) is 49.4 Å². The van der Waals surface area contributed by atoms with Gasteiger partial charge in [0.2, 0.25) is 41.4 Å². The number of amides is 7. The predicted molar refractivity (Wildman–Crippen MR) is 348 cm³/mol. The number of cyclic esters (lactones) is 1. The van der Waals surface area contributed by atoms with Crippen molar-refractivity contribution in [3.63, 3.8) is 0 Å². The second-order valence-corrected chi connectivity index (χ2v) is 26.3. The molecule has 6 aliphatic rings. The van der Waals surface area contributed by atoms with Crippen LogP contribution in [-0.2, 0) is 84.3 Å². The van der Waals surface area contributed by atoms with Gasteiger partial charge in [0, 0.05) is 72.1 Å². The average molecular weight is 1320 g/mol. The number of aromatic nitrogens is 5. The van der Waals surface area contributed by atoms with Crippen LogP contribution in [0.15, 0.2) is 65.5 Å². The third kappa shape index (κ3) is 13.1. The van der Waals surface area contributed by atoms with Crippen molar-refractivity contribution in [2.75, 3.05) is 51.0 Å². The number of piperidine rings is 1. The molecule has 7 N–H and O–H groups in total. The van der Waals surface area contributed by atoms with Crippen molar-refractivity contribution in [2.24, 2.45) is 11.3 Å². The van der Waals surface area contributed by atoms with E-state index in [0.717, 1.165) is 72.2 Å². The second kappa shape index (κ2) is 27.8. The van der Waals surface area contributed by atoms with E-state index in [4.69, 9.17) is 19.2 Å². The van der Waals surface area contributed by atoms with Crippen LogP contribution in [-0.4, -0.2) is 146 Å². The van der Waals surface area contributed by atoms with E-state index in [1.807, 2.05) is 53.4 Å². The number of aromatic amines is 1. The summed E-state index contributed by atoms with van der Waals surface area (Å²) in [4.78, 5) is 129. The number of halogens is 1. The van der Waals surface area contributed by atoms with Gasteiger partial charge in [-0.15, -0.1) is 0 Å². The Morgan fingerprint density at radius 2 is 1.41 bits per heavy atom. The lowest BCUT2D eigenvalue weighted by molar-refractivity contribution is -0.172. The summed E-state index contributed by atoms with van der Waals surface area (Å²) in [5.74, 6) is -3.90. The summed E-state index contributed by atoms with van der Waals surface area (Å²) >= 11 is 0. The van der Waals surface area contributed by atoms with Crippen molar-refractivity contribution in [1.82, 2.24) is 56.4 Å². The van der Waals surface area contributed by atoms with Gasteiger partial charge in [0.25, 0.3) is 5.56 Å². The van der Waals surface area contributed by atoms with Crippen LogP contribution in [0.5, 0.6) is 0 Å². The van der Waals surface area contributed by atoms with Crippen LogP contribution < -0.4 is 37.0 Å². The van der Waals surface area contributed by atoms with Gasteiger partial charge < -0.3 is 60.3 Å². The fourth-order valence-corrected chi connectivity index (χ4v) is 14.7. The van der Waals surface area contributed by atoms with Crippen molar-refractivity contribution < 1.29 is 62.1 Å². The normalized spacial score (nSPS) is 19.2. The number of anilines is 1. The Balaban J connectivity index is 0.520. The Morgan fingerprint density at radius 3 is 2.12 bits per heavy atom. The number of esters is 1. The minimum absolute atomic E-state index is 0.0140. The van der Waals surface area contributed by atoms with Crippen LogP contribution in [0, 0.1) is 24.1 Å². The monoisotopic (exact) mass is 1320 g/mol. The molecular weight excluding hydrogens is 1240 g/mol. The zero-order chi connectivity index (χ0) is 67.7.